The van der Waals surface area contributed by atoms with Crippen LogP contribution < -0.4 is 5.32 Å². The number of β-amino-alcohol motifs (C(OH)–C–C–N with tert-alkyl or cyclic N) is 1. The number of aliphatic hydroxyl groups is 1. The number of carbonyl (C=O) groups excluding carboxylic acids is 1. The van der Waals surface area contributed by atoms with Gasteiger partial charge in [0.2, 0.25) is 15.9 Å². The standard InChI is InChI=1S/C15H19FN2O4S/c16-11-3-5-13(6-4-11)23(21,22)18-9-12(19)7-14(18)15(20)17-8-10-1-2-10/h3-6,10,12,14,19H,1-2,7-9H2,(H,17,20)/t12-,14+/m1/s1. The number of sulfonamides is 1. The van der Waals surface area contributed by atoms with E-state index in [1.54, 1.807) is 0 Å². The average molecular weight is 342 g/mol. The van der Waals surface area contributed by atoms with Crippen LogP contribution in [0.3, 0.4) is 0 Å². The summed E-state index contributed by atoms with van der Waals surface area (Å²) in [6.07, 6.45) is 1.33. The number of hydrogen-bond acceptors (Lipinski definition) is 4. The third kappa shape index (κ3) is 3.54. The first-order valence-corrected chi connectivity index (χ1v) is 9.05. The number of carbonyl (C=O) groups is 1. The number of hydrogen-bond donors (Lipinski definition) is 2. The number of amides is 1. The van der Waals surface area contributed by atoms with Crippen LogP contribution in [-0.2, 0) is 14.8 Å². The lowest BCUT2D eigenvalue weighted by molar-refractivity contribution is -0.124. The quantitative estimate of drug-likeness (QED) is 0.815. The lowest BCUT2D eigenvalue weighted by atomic mass is 10.2. The lowest BCUT2D eigenvalue weighted by Gasteiger charge is -2.23. The van der Waals surface area contributed by atoms with Gasteiger partial charge >= 0.3 is 0 Å². The van der Waals surface area contributed by atoms with Crippen LogP contribution in [0, 0.1) is 11.7 Å². The normalized spacial score (nSPS) is 25.5. The van der Waals surface area contributed by atoms with E-state index in [2.05, 4.69) is 5.32 Å². The number of rotatable bonds is 5. The molecule has 1 saturated heterocycles. The summed E-state index contributed by atoms with van der Waals surface area (Å²) in [7, 11) is -3.96. The molecule has 1 amide bonds. The van der Waals surface area contributed by atoms with Crippen LogP contribution in [0.1, 0.15) is 19.3 Å². The molecule has 0 unspecified atom stereocenters. The predicted octanol–water partition coefficient (Wildman–Crippen LogP) is 0.476. The van der Waals surface area contributed by atoms with Crippen molar-refractivity contribution in [2.75, 3.05) is 13.1 Å². The molecule has 2 atom stereocenters. The van der Waals surface area contributed by atoms with Crippen LogP contribution in [0.4, 0.5) is 4.39 Å². The molecular formula is C15H19FN2O4S. The highest BCUT2D eigenvalue weighted by atomic mass is 32.2. The van der Waals surface area contributed by atoms with Gasteiger partial charge in [0.25, 0.3) is 0 Å². The minimum Gasteiger partial charge on any atom is -0.392 e. The number of nitrogens with zero attached hydrogens (tertiary/aromatic N) is 1. The summed E-state index contributed by atoms with van der Waals surface area (Å²) in [5, 5.41) is 12.6. The molecule has 8 heteroatoms. The fraction of sp³-hybridized carbons (Fsp3) is 0.533. The van der Waals surface area contributed by atoms with Gasteiger partial charge in [-0.1, -0.05) is 0 Å². The summed E-state index contributed by atoms with van der Waals surface area (Å²) in [5.41, 5.74) is 0. The molecule has 0 bridgehead atoms. The summed E-state index contributed by atoms with van der Waals surface area (Å²) >= 11 is 0. The first-order valence-electron chi connectivity index (χ1n) is 7.61. The van der Waals surface area contributed by atoms with Crippen LogP contribution in [0.15, 0.2) is 29.2 Å². The van der Waals surface area contributed by atoms with E-state index in [9.17, 15) is 22.7 Å². The minimum atomic E-state index is -3.96. The largest absolute Gasteiger partial charge is 0.392 e. The molecule has 0 radical (unpaired) electrons. The maximum atomic E-state index is 13.0. The first kappa shape index (κ1) is 16.4. The predicted molar refractivity (Wildman–Crippen MR) is 80.4 cm³/mol. The van der Waals surface area contributed by atoms with Gasteiger partial charge in [0, 0.05) is 19.5 Å². The average Bonchev–Trinajstić information content (AvgIpc) is 3.25. The molecule has 2 fully saturated rings. The highest BCUT2D eigenvalue weighted by molar-refractivity contribution is 7.89. The highest BCUT2D eigenvalue weighted by Crippen LogP contribution is 2.29. The Hall–Kier alpha value is -1.51. The molecule has 126 valence electrons. The number of benzene rings is 1. The summed E-state index contributed by atoms with van der Waals surface area (Å²) in [6.45, 7) is 0.400. The van der Waals surface area contributed by atoms with Gasteiger partial charge in [-0.3, -0.25) is 4.79 Å². The fourth-order valence-electron chi connectivity index (χ4n) is 2.71. The Labute approximate surface area is 134 Å². The molecule has 6 nitrogen and oxygen atoms in total. The number of nitrogens with one attached hydrogen (secondary N) is 1. The van der Waals surface area contributed by atoms with E-state index in [0.29, 0.717) is 12.5 Å². The smallest absolute Gasteiger partial charge is 0.243 e. The zero-order valence-electron chi connectivity index (χ0n) is 12.5. The molecule has 2 aliphatic rings. The maximum absolute atomic E-state index is 13.0. The Morgan fingerprint density at radius 2 is 1.96 bits per heavy atom. The van der Waals surface area contributed by atoms with E-state index < -0.39 is 28.0 Å². The van der Waals surface area contributed by atoms with Crippen molar-refractivity contribution in [2.45, 2.75) is 36.3 Å². The summed E-state index contributed by atoms with van der Waals surface area (Å²) in [6, 6.07) is 3.51. The molecule has 0 spiro atoms. The Morgan fingerprint density at radius 3 is 2.57 bits per heavy atom. The lowest BCUT2D eigenvalue weighted by Crippen LogP contribution is -2.46. The van der Waals surface area contributed by atoms with Crippen LogP contribution in [-0.4, -0.2) is 49.0 Å². The van der Waals surface area contributed by atoms with Crippen molar-refractivity contribution in [3.05, 3.63) is 30.1 Å². The molecule has 1 heterocycles. The van der Waals surface area contributed by atoms with Gasteiger partial charge in [0.05, 0.1) is 11.0 Å². The van der Waals surface area contributed by atoms with Crippen LogP contribution in [0.5, 0.6) is 0 Å². The molecule has 1 aliphatic carbocycles. The molecule has 1 saturated carbocycles. The molecule has 23 heavy (non-hydrogen) atoms. The van der Waals surface area contributed by atoms with Crippen molar-refractivity contribution in [1.29, 1.82) is 0 Å². The number of aliphatic hydroxyl groups excluding tert-OH is 1. The Bertz CT molecular complexity index is 688. The van der Waals surface area contributed by atoms with Crippen molar-refractivity contribution in [1.82, 2.24) is 9.62 Å². The van der Waals surface area contributed by atoms with E-state index in [-0.39, 0.29) is 23.8 Å². The van der Waals surface area contributed by atoms with E-state index in [4.69, 9.17) is 0 Å². The second kappa shape index (κ2) is 6.18. The summed E-state index contributed by atoms with van der Waals surface area (Å²) in [4.78, 5) is 12.2. The van der Waals surface area contributed by atoms with Gasteiger partial charge in [-0.2, -0.15) is 4.31 Å². The topological polar surface area (TPSA) is 86.7 Å². The maximum Gasteiger partial charge on any atom is 0.243 e. The molecular weight excluding hydrogens is 323 g/mol. The SMILES string of the molecule is O=C(NCC1CC1)[C@@H]1C[C@@H](O)CN1S(=O)(=O)c1ccc(F)cc1. The molecule has 1 aromatic carbocycles. The van der Waals surface area contributed by atoms with Gasteiger partial charge in [-0.05, 0) is 43.0 Å². The Balaban J connectivity index is 1.79. The van der Waals surface area contributed by atoms with Gasteiger partial charge < -0.3 is 10.4 Å². The fourth-order valence-corrected chi connectivity index (χ4v) is 4.35. The second-order valence-corrected chi connectivity index (χ2v) is 8.01. The van der Waals surface area contributed by atoms with E-state index >= 15 is 0 Å². The van der Waals surface area contributed by atoms with E-state index in [0.717, 1.165) is 41.4 Å². The van der Waals surface area contributed by atoms with Gasteiger partial charge in [-0.15, -0.1) is 0 Å². The summed E-state index contributed by atoms with van der Waals surface area (Å²) in [5.74, 6) is -0.448. The second-order valence-electron chi connectivity index (χ2n) is 6.12. The van der Waals surface area contributed by atoms with Crippen molar-refractivity contribution in [3.8, 4) is 0 Å². The summed E-state index contributed by atoms with van der Waals surface area (Å²) < 4.78 is 39.3. The van der Waals surface area contributed by atoms with Crippen LogP contribution in [0.2, 0.25) is 0 Å². The molecule has 1 aromatic rings. The van der Waals surface area contributed by atoms with Gasteiger partial charge in [0.1, 0.15) is 11.9 Å². The van der Waals surface area contributed by atoms with Gasteiger partial charge in [-0.25, -0.2) is 12.8 Å². The molecule has 0 aromatic heterocycles. The van der Waals surface area contributed by atoms with Gasteiger partial charge in [0.15, 0.2) is 0 Å². The monoisotopic (exact) mass is 342 g/mol. The van der Waals surface area contributed by atoms with Crippen molar-refractivity contribution in [2.24, 2.45) is 5.92 Å². The molecule has 3 rings (SSSR count). The van der Waals surface area contributed by atoms with Crippen molar-refractivity contribution < 1.29 is 22.7 Å². The van der Waals surface area contributed by atoms with Crippen LogP contribution in [0.25, 0.3) is 0 Å². The zero-order valence-corrected chi connectivity index (χ0v) is 13.3. The Morgan fingerprint density at radius 1 is 1.30 bits per heavy atom. The van der Waals surface area contributed by atoms with Crippen molar-refractivity contribution in [3.63, 3.8) is 0 Å². The van der Waals surface area contributed by atoms with Crippen LogP contribution >= 0.6 is 0 Å². The molecule has 1 aliphatic heterocycles. The third-order valence-electron chi connectivity index (χ3n) is 4.22. The first-order chi connectivity index (χ1) is 10.9. The van der Waals surface area contributed by atoms with Crippen molar-refractivity contribution >= 4 is 15.9 Å². The minimum absolute atomic E-state index is 0.0664. The third-order valence-corrected chi connectivity index (χ3v) is 6.11. The molecule has 2 N–H and O–H groups in total. The highest BCUT2D eigenvalue weighted by Gasteiger charge is 2.43. The number of halogens is 1. The Kier molecular flexibility index (Phi) is 4.39. The zero-order chi connectivity index (χ0) is 16.6. The van der Waals surface area contributed by atoms with E-state index in [1.807, 2.05) is 0 Å². The van der Waals surface area contributed by atoms with E-state index in [1.165, 1.54) is 0 Å².